The molecule has 1 aliphatic carbocycles. The van der Waals surface area contributed by atoms with Crippen molar-refractivity contribution in [1.29, 1.82) is 0 Å². The number of piperidine rings is 1. The highest BCUT2D eigenvalue weighted by atomic mass is 16.1. The Morgan fingerprint density at radius 3 is 2.79 bits per heavy atom. The molecular weight excluding hydrogens is 428 g/mol. The van der Waals surface area contributed by atoms with Crippen LogP contribution in [0.4, 0.5) is 5.69 Å². The highest BCUT2D eigenvalue weighted by Gasteiger charge is 2.46. The summed E-state index contributed by atoms with van der Waals surface area (Å²) in [7, 11) is 0. The zero-order valence-corrected chi connectivity index (χ0v) is 20.1. The van der Waals surface area contributed by atoms with E-state index in [1.165, 1.54) is 32.1 Å². The lowest BCUT2D eigenvalue weighted by Crippen LogP contribution is -2.66. The van der Waals surface area contributed by atoms with Crippen molar-refractivity contribution in [2.45, 2.75) is 63.7 Å². The molecule has 7 N–H and O–H groups in total. The minimum atomic E-state index is -0.498. The van der Waals surface area contributed by atoms with E-state index in [-0.39, 0.29) is 17.4 Å². The van der Waals surface area contributed by atoms with E-state index < -0.39 is 6.29 Å². The average molecular weight is 467 g/mol. The molecule has 0 radical (unpaired) electrons. The number of fused-ring (bicyclic) bond motifs is 1. The molecule has 34 heavy (non-hydrogen) atoms. The van der Waals surface area contributed by atoms with Crippen LogP contribution in [-0.4, -0.2) is 57.5 Å². The van der Waals surface area contributed by atoms with Crippen LogP contribution in [-0.2, 0) is 4.79 Å². The summed E-state index contributed by atoms with van der Waals surface area (Å²) in [6.07, 6.45) is 11.5. The molecule has 5 rings (SSSR count). The molecule has 0 bridgehead atoms. The van der Waals surface area contributed by atoms with E-state index >= 15 is 0 Å². The molecule has 3 aliphatic rings. The van der Waals surface area contributed by atoms with Gasteiger partial charge in [0.25, 0.3) is 0 Å². The van der Waals surface area contributed by atoms with Gasteiger partial charge >= 0.3 is 0 Å². The van der Waals surface area contributed by atoms with Crippen molar-refractivity contribution in [2.24, 2.45) is 29.1 Å². The van der Waals surface area contributed by atoms with Crippen molar-refractivity contribution in [2.75, 3.05) is 24.5 Å². The maximum atomic E-state index is 12.1. The Hall–Kier alpha value is -2.62. The monoisotopic (exact) mass is 466 g/mol. The number of nitrogens with two attached hydrogens (primary N) is 3. The van der Waals surface area contributed by atoms with Crippen molar-refractivity contribution >= 4 is 22.5 Å². The number of carbonyl (C=O) groups is 1. The lowest BCUT2D eigenvalue weighted by Gasteiger charge is -2.54. The summed E-state index contributed by atoms with van der Waals surface area (Å²) in [5.74, 6) is 7.05. The number of H-pyrrole nitrogens is 1. The van der Waals surface area contributed by atoms with Crippen LogP contribution in [0, 0.1) is 11.8 Å². The number of benzene rings is 1. The molecule has 1 aromatic heterocycles. The van der Waals surface area contributed by atoms with E-state index in [1.807, 2.05) is 12.3 Å². The fourth-order valence-corrected chi connectivity index (χ4v) is 6.20. The Morgan fingerprint density at radius 1 is 1.24 bits per heavy atom. The fraction of sp³-hybridized carbons (Fsp3) is 0.600. The number of nitrogens with zero attached hydrogens (tertiary/aromatic N) is 4. The predicted octanol–water partition coefficient (Wildman–Crippen LogP) is 2.22. The van der Waals surface area contributed by atoms with E-state index in [2.05, 4.69) is 45.1 Å². The lowest BCUT2D eigenvalue weighted by molar-refractivity contribution is -0.125. The summed E-state index contributed by atoms with van der Waals surface area (Å²) < 4.78 is 0. The van der Waals surface area contributed by atoms with Gasteiger partial charge < -0.3 is 10.6 Å². The number of aromatic amines is 1. The van der Waals surface area contributed by atoms with E-state index in [0.717, 1.165) is 41.7 Å². The minimum absolute atomic E-state index is 0.113. The summed E-state index contributed by atoms with van der Waals surface area (Å²) in [5, 5.41) is 9.93. The summed E-state index contributed by atoms with van der Waals surface area (Å²) >= 11 is 0. The molecule has 0 spiro atoms. The van der Waals surface area contributed by atoms with Crippen LogP contribution in [0.1, 0.15) is 51.9 Å². The topological polar surface area (TPSA) is 134 Å². The molecule has 9 nitrogen and oxygen atoms in total. The zero-order chi connectivity index (χ0) is 23.9. The van der Waals surface area contributed by atoms with Crippen LogP contribution in [0.3, 0.4) is 0 Å². The summed E-state index contributed by atoms with van der Waals surface area (Å²) in [4.78, 5) is 16.7. The first-order valence-corrected chi connectivity index (χ1v) is 12.6. The molecule has 1 amide bonds. The van der Waals surface area contributed by atoms with Crippen molar-refractivity contribution in [1.82, 2.24) is 20.1 Å². The SMILES string of the molecule is C[C@]1(C2=CCN(c3ccc4cn[nH]c4c3)C(N)N2N)CC[C@H](C(N)=O)CN1CC1CCCCC1. The first-order chi connectivity index (χ1) is 16.4. The molecule has 1 saturated carbocycles. The number of hydrogen-bond donors (Lipinski definition) is 4. The fourth-order valence-electron chi connectivity index (χ4n) is 6.20. The quantitative estimate of drug-likeness (QED) is 0.497. The smallest absolute Gasteiger partial charge is 0.221 e. The van der Waals surface area contributed by atoms with Crippen LogP contribution in [0.5, 0.6) is 0 Å². The number of aromatic nitrogens is 2. The number of likely N-dealkylation sites (tertiary alicyclic amines) is 1. The second kappa shape index (κ2) is 9.20. The van der Waals surface area contributed by atoms with Crippen LogP contribution in [0.15, 0.2) is 36.2 Å². The second-order valence-corrected chi connectivity index (χ2v) is 10.5. The number of nitrogens with one attached hydrogen (secondary N) is 1. The van der Waals surface area contributed by atoms with Gasteiger partial charge in [-0.15, -0.1) is 0 Å². The molecule has 1 aromatic carbocycles. The number of hydrazine groups is 1. The zero-order valence-electron chi connectivity index (χ0n) is 20.1. The highest BCUT2D eigenvalue weighted by molar-refractivity contribution is 5.82. The molecule has 1 saturated heterocycles. The van der Waals surface area contributed by atoms with Gasteiger partial charge in [0, 0.05) is 30.7 Å². The van der Waals surface area contributed by atoms with Crippen LogP contribution < -0.4 is 22.2 Å². The average Bonchev–Trinajstić information content (AvgIpc) is 3.30. The van der Waals surface area contributed by atoms with Gasteiger partial charge in [0.05, 0.1) is 28.9 Å². The van der Waals surface area contributed by atoms with Crippen molar-refractivity contribution in [3.63, 3.8) is 0 Å². The first-order valence-electron chi connectivity index (χ1n) is 12.6. The minimum Gasteiger partial charge on any atom is -0.369 e. The summed E-state index contributed by atoms with van der Waals surface area (Å²) in [5.41, 5.74) is 15.2. The van der Waals surface area contributed by atoms with Crippen LogP contribution in [0.2, 0.25) is 0 Å². The Balaban J connectivity index is 1.41. The number of primary amides is 1. The largest absolute Gasteiger partial charge is 0.369 e. The molecule has 3 heterocycles. The summed E-state index contributed by atoms with van der Waals surface area (Å²) in [6.45, 7) is 4.58. The molecular formula is C25H38N8O. The number of carbonyl (C=O) groups excluding carboxylic acids is 1. The van der Waals surface area contributed by atoms with Crippen molar-refractivity contribution in [3.8, 4) is 0 Å². The molecule has 2 aromatic rings. The van der Waals surface area contributed by atoms with Crippen LogP contribution in [0.25, 0.3) is 10.9 Å². The van der Waals surface area contributed by atoms with Crippen LogP contribution >= 0.6 is 0 Å². The maximum Gasteiger partial charge on any atom is 0.221 e. The van der Waals surface area contributed by atoms with Gasteiger partial charge in [-0.2, -0.15) is 5.10 Å². The number of amides is 1. The van der Waals surface area contributed by atoms with Gasteiger partial charge in [-0.25, -0.2) is 5.84 Å². The van der Waals surface area contributed by atoms with E-state index in [0.29, 0.717) is 19.0 Å². The lowest BCUT2D eigenvalue weighted by atomic mass is 9.78. The van der Waals surface area contributed by atoms with Gasteiger partial charge in [0.1, 0.15) is 0 Å². The van der Waals surface area contributed by atoms with Crippen molar-refractivity contribution < 1.29 is 4.79 Å². The number of rotatable bonds is 5. The van der Waals surface area contributed by atoms with E-state index in [9.17, 15) is 4.79 Å². The molecule has 2 aliphatic heterocycles. The van der Waals surface area contributed by atoms with E-state index in [1.54, 1.807) is 5.01 Å². The third-order valence-corrected chi connectivity index (χ3v) is 8.40. The Bertz CT molecular complexity index is 1060. The third kappa shape index (κ3) is 4.16. The number of hydrogen-bond acceptors (Lipinski definition) is 7. The predicted molar refractivity (Wildman–Crippen MR) is 134 cm³/mol. The maximum absolute atomic E-state index is 12.1. The Labute approximate surface area is 201 Å². The second-order valence-electron chi connectivity index (χ2n) is 10.5. The number of anilines is 1. The molecule has 184 valence electrons. The first kappa shape index (κ1) is 23.1. The third-order valence-electron chi connectivity index (χ3n) is 8.40. The summed E-state index contributed by atoms with van der Waals surface area (Å²) in [6, 6.07) is 6.16. The Kier molecular flexibility index (Phi) is 6.26. The molecule has 3 atom stereocenters. The van der Waals surface area contributed by atoms with Gasteiger partial charge in [-0.05, 0) is 62.8 Å². The molecule has 2 fully saturated rings. The standard InChI is InChI=1S/C25H38N8O/c1-25(11-9-19(23(26)34)16-31(25)15-17-5-3-2-4-6-17)22-10-12-32(24(27)33(22)28)20-8-7-18-14-29-30-21(18)13-20/h7-8,10,13-14,17,19,24H,2-6,9,11-12,15-16,27-28H2,1H3,(H2,26,34)(H,29,30)/t19-,24?,25+/m0/s1. The van der Waals surface area contributed by atoms with Gasteiger partial charge in [-0.3, -0.25) is 25.5 Å². The van der Waals surface area contributed by atoms with Crippen molar-refractivity contribution in [3.05, 3.63) is 36.2 Å². The van der Waals surface area contributed by atoms with E-state index in [4.69, 9.17) is 17.3 Å². The highest BCUT2D eigenvalue weighted by Crippen LogP contribution is 2.41. The molecule has 9 heteroatoms. The normalized spacial score (nSPS) is 29.4. The van der Waals surface area contributed by atoms with Gasteiger partial charge in [-0.1, -0.05) is 19.3 Å². The molecule has 1 unspecified atom stereocenters. The van der Waals surface area contributed by atoms with Gasteiger partial charge in [0.2, 0.25) is 5.91 Å². The Morgan fingerprint density at radius 2 is 2.03 bits per heavy atom. The van der Waals surface area contributed by atoms with Gasteiger partial charge in [0.15, 0.2) is 6.29 Å².